The molecule has 3 rings (SSSR count). The van der Waals surface area contributed by atoms with E-state index in [2.05, 4.69) is 5.32 Å². The lowest BCUT2D eigenvalue weighted by atomic mass is 9.87. The largest absolute Gasteiger partial charge is 0.393 e. The Hall–Kier alpha value is -1.88. The second kappa shape index (κ2) is 6.71. The third kappa shape index (κ3) is 3.55. The van der Waals surface area contributed by atoms with Gasteiger partial charge in [-0.05, 0) is 55.4 Å². The first-order chi connectivity index (χ1) is 11.0. The number of aliphatic hydroxyl groups excluding tert-OH is 1. The first-order valence-electron chi connectivity index (χ1n) is 8.40. The Kier molecular flexibility index (Phi) is 4.66. The molecular weight excluding hydrogens is 292 g/mol. The summed E-state index contributed by atoms with van der Waals surface area (Å²) < 4.78 is 0. The van der Waals surface area contributed by atoms with Gasteiger partial charge in [0.05, 0.1) is 6.10 Å². The minimum atomic E-state index is -0.220. The van der Waals surface area contributed by atoms with E-state index in [0.29, 0.717) is 30.9 Å². The van der Waals surface area contributed by atoms with Crippen LogP contribution in [0.4, 0.5) is 5.69 Å². The second-order valence-corrected chi connectivity index (χ2v) is 6.69. The van der Waals surface area contributed by atoms with Crippen LogP contribution in [0, 0.1) is 5.92 Å². The maximum atomic E-state index is 12.3. The van der Waals surface area contributed by atoms with Gasteiger partial charge in [0.2, 0.25) is 5.91 Å². The maximum Gasteiger partial charge on any atom is 0.251 e. The Bertz CT molecular complexity index is 614. The number of hydrogen-bond donors (Lipinski definition) is 2. The van der Waals surface area contributed by atoms with E-state index in [0.717, 1.165) is 36.9 Å². The Morgan fingerprint density at radius 2 is 2.17 bits per heavy atom. The average molecular weight is 316 g/mol. The molecule has 0 aromatic heterocycles. The van der Waals surface area contributed by atoms with Crippen LogP contribution in [0.1, 0.15) is 48.0 Å². The zero-order valence-corrected chi connectivity index (χ0v) is 13.5. The zero-order valence-electron chi connectivity index (χ0n) is 13.5. The lowest BCUT2D eigenvalue weighted by Crippen LogP contribution is -2.34. The van der Waals surface area contributed by atoms with E-state index in [4.69, 9.17) is 0 Å². The molecule has 0 saturated heterocycles. The van der Waals surface area contributed by atoms with Crippen LogP contribution in [0.25, 0.3) is 0 Å². The molecule has 2 unspecified atom stereocenters. The van der Waals surface area contributed by atoms with Gasteiger partial charge in [0.15, 0.2) is 0 Å². The third-order valence-corrected chi connectivity index (χ3v) is 4.99. The zero-order chi connectivity index (χ0) is 16.4. The molecule has 1 fully saturated rings. The number of carbonyl (C=O) groups excluding carboxylic acids is 2. The number of amides is 2. The van der Waals surface area contributed by atoms with E-state index in [9.17, 15) is 14.7 Å². The van der Waals surface area contributed by atoms with E-state index in [1.54, 1.807) is 18.0 Å². The van der Waals surface area contributed by atoms with Crippen LogP contribution < -0.4 is 10.2 Å². The Balaban J connectivity index is 1.63. The number of aliphatic hydroxyl groups is 1. The fourth-order valence-electron chi connectivity index (χ4n) is 3.58. The van der Waals surface area contributed by atoms with Crippen LogP contribution in [0.3, 0.4) is 0 Å². The van der Waals surface area contributed by atoms with Crippen LogP contribution in [-0.2, 0) is 11.2 Å². The highest BCUT2D eigenvalue weighted by atomic mass is 16.3. The van der Waals surface area contributed by atoms with Crippen molar-refractivity contribution in [2.45, 2.75) is 44.6 Å². The Morgan fingerprint density at radius 1 is 1.35 bits per heavy atom. The first kappa shape index (κ1) is 16.0. The molecule has 1 saturated carbocycles. The molecule has 1 aromatic rings. The molecule has 0 radical (unpaired) electrons. The predicted molar refractivity (Wildman–Crippen MR) is 88.5 cm³/mol. The van der Waals surface area contributed by atoms with Gasteiger partial charge in [0, 0.05) is 31.3 Å². The molecule has 1 aromatic carbocycles. The number of nitrogens with one attached hydrogen (secondary N) is 1. The average Bonchev–Trinajstić information content (AvgIpc) is 2.56. The van der Waals surface area contributed by atoms with Crippen LogP contribution in [0.2, 0.25) is 0 Å². The molecule has 23 heavy (non-hydrogen) atoms. The summed E-state index contributed by atoms with van der Waals surface area (Å²) in [4.78, 5) is 25.7. The van der Waals surface area contributed by atoms with Crippen molar-refractivity contribution in [2.75, 3.05) is 18.5 Å². The van der Waals surface area contributed by atoms with Gasteiger partial charge < -0.3 is 15.3 Å². The fraction of sp³-hybridized carbons (Fsp3) is 0.556. The number of nitrogens with zero attached hydrogens (tertiary/aromatic N) is 1. The van der Waals surface area contributed by atoms with E-state index < -0.39 is 0 Å². The number of aryl methyl sites for hydroxylation is 1. The first-order valence-corrected chi connectivity index (χ1v) is 8.40. The molecule has 1 heterocycles. The van der Waals surface area contributed by atoms with Crippen LogP contribution in [0.15, 0.2) is 18.2 Å². The van der Waals surface area contributed by atoms with Crippen molar-refractivity contribution >= 4 is 17.5 Å². The summed E-state index contributed by atoms with van der Waals surface area (Å²) in [5.74, 6) is 0.405. The molecule has 2 atom stereocenters. The molecule has 2 amide bonds. The third-order valence-electron chi connectivity index (χ3n) is 4.99. The highest BCUT2D eigenvalue weighted by Gasteiger charge is 2.23. The molecule has 0 spiro atoms. The van der Waals surface area contributed by atoms with Crippen molar-refractivity contribution in [1.29, 1.82) is 0 Å². The van der Waals surface area contributed by atoms with Crippen LogP contribution in [-0.4, -0.2) is 36.6 Å². The molecule has 124 valence electrons. The quantitative estimate of drug-likeness (QED) is 0.894. The van der Waals surface area contributed by atoms with Gasteiger partial charge in [-0.1, -0.05) is 6.42 Å². The summed E-state index contributed by atoms with van der Waals surface area (Å²) in [7, 11) is 1.77. The Labute approximate surface area is 136 Å². The van der Waals surface area contributed by atoms with Crippen molar-refractivity contribution in [3.8, 4) is 0 Å². The van der Waals surface area contributed by atoms with E-state index in [1.807, 2.05) is 12.1 Å². The molecule has 1 aliphatic heterocycles. The lowest BCUT2D eigenvalue weighted by molar-refractivity contribution is -0.118. The van der Waals surface area contributed by atoms with Gasteiger partial charge in [-0.2, -0.15) is 0 Å². The molecule has 5 nitrogen and oxygen atoms in total. The number of fused-ring (bicyclic) bond motifs is 1. The number of anilines is 1. The predicted octanol–water partition coefficient (Wildman–Crippen LogP) is 1.88. The van der Waals surface area contributed by atoms with Gasteiger partial charge in [-0.15, -0.1) is 0 Å². The number of benzene rings is 1. The summed E-state index contributed by atoms with van der Waals surface area (Å²) in [6, 6.07) is 5.52. The second-order valence-electron chi connectivity index (χ2n) is 6.69. The normalized spacial score (nSPS) is 24.3. The summed E-state index contributed by atoms with van der Waals surface area (Å²) in [6.45, 7) is 0.616. The molecular formula is C18H24N2O3. The number of hydrogen-bond acceptors (Lipinski definition) is 3. The molecule has 2 N–H and O–H groups in total. The minimum absolute atomic E-state index is 0.0765. The van der Waals surface area contributed by atoms with Crippen LogP contribution in [0.5, 0.6) is 0 Å². The van der Waals surface area contributed by atoms with Crippen molar-refractivity contribution in [3.05, 3.63) is 29.3 Å². The van der Waals surface area contributed by atoms with E-state index in [-0.39, 0.29) is 17.9 Å². The topological polar surface area (TPSA) is 69.6 Å². The van der Waals surface area contributed by atoms with Gasteiger partial charge in [-0.3, -0.25) is 9.59 Å². The molecule has 1 aliphatic carbocycles. The summed E-state index contributed by atoms with van der Waals surface area (Å²) in [6.07, 6.45) is 4.71. The monoisotopic (exact) mass is 316 g/mol. The Morgan fingerprint density at radius 3 is 2.96 bits per heavy atom. The highest BCUT2D eigenvalue weighted by molar-refractivity contribution is 5.98. The van der Waals surface area contributed by atoms with Crippen molar-refractivity contribution in [3.63, 3.8) is 0 Å². The molecule has 2 aliphatic rings. The maximum absolute atomic E-state index is 12.3. The van der Waals surface area contributed by atoms with Gasteiger partial charge in [-0.25, -0.2) is 0 Å². The van der Waals surface area contributed by atoms with Crippen LogP contribution >= 0.6 is 0 Å². The smallest absolute Gasteiger partial charge is 0.251 e. The van der Waals surface area contributed by atoms with Crippen molar-refractivity contribution < 1.29 is 14.7 Å². The van der Waals surface area contributed by atoms with Gasteiger partial charge in [0.25, 0.3) is 5.91 Å². The fourth-order valence-corrected chi connectivity index (χ4v) is 3.58. The lowest BCUT2D eigenvalue weighted by Gasteiger charge is -2.27. The summed E-state index contributed by atoms with van der Waals surface area (Å²) in [5.41, 5.74) is 2.59. The highest BCUT2D eigenvalue weighted by Crippen LogP contribution is 2.28. The standard InChI is InChI=1S/C18H24N2O3/c1-20-16-7-5-14(10-13(16)6-8-17(20)22)18(23)19-11-12-3-2-4-15(21)9-12/h5,7,10,12,15,21H,2-4,6,8-9,11H2,1H3,(H,19,23). The summed E-state index contributed by atoms with van der Waals surface area (Å²) >= 11 is 0. The number of rotatable bonds is 3. The number of carbonyl (C=O) groups is 2. The molecule has 0 bridgehead atoms. The van der Waals surface area contributed by atoms with Gasteiger partial charge in [0.1, 0.15) is 0 Å². The van der Waals surface area contributed by atoms with Gasteiger partial charge >= 0.3 is 0 Å². The SMILES string of the molecule is CN1C(=O)CCc2cc(C(=O)NCC3CCCC(O)C3)ccc21. The van der Waals surface area contributed by atoms with Crippen molar-refractivity contribution in [1.82, 2.24) is 5.32 Å². The van der Waals surface area contributed by atoms with Crippen molar-refractivity contribution in [2.24, 2.45) is 5.92 Å². The minimum Gasteiger partial charge on any atom is -0.393 e. The van der Waals surface area contributed by atoms with E-state index >= 15 is 0 Å². The molecule has 5 heteroatoms. The van der Waals surface area contributed by atoms with E-state index in [1.165, 1.54) is 0 Å². The summed E-state index contributed by atoms with van der Waals surface area (Å²) in [5, 5.41) is 12.7.